The number of benzene rings is 8. The van der Waals surface area contributed by atoms with Gasteiger partial charge in [0.05, 0.1) is 28.2 Å². The fraction of sp³-hybridized carbons (Fsp3) is 0.0727. The summed E-state index contributed by atoms with van der Waals surface area (Å²) in [6.07, 6.45) is 2.31. The molecule has 0 amide bonds. The van der Waals surface area contributed by atoms with Crippen molar-refractivity contribution in [3.63, 3.8) is 0 Å². The first-order valence-corrected chi connectivity index (χ1v) is 24.3. The molecule has 10 heteroatoms. The van der Waals surface area contributed by atoms with Crippen molar-refractivity contribution in [1.29, 1.82) is 0 Å². The molecule has 1 aliphatic rings. The predicted molar refractivity (Wildman–Crippen MR) is 263 cm³/mol. The molecular weight excluding hydrogens is 865 g/mol. The van der Waals surface area contributed by atoms with E-state index in [9.17, 15) is 13.0 Å². The number of hydrogen-bond donors (Lipinski definition) is 0. The van der Waals surface area contributed by atoms with Gasteiger partial charge in [-0.1, -0.05) is 163 Å². The van der Waals surface area contributed by atoms with Crippen molar-refractivity contribution < 1.29 is 27.0 Å². The number of aromatic nitrogens is 1. The van der Waals surface area contributed by atoms with E-state index in [1.165, 1.54) is 32.9 Å². The fourth-order valence-electron chi connectivity index (χ4n) is 8.05. The second-order valence-corrected chi connectivity index (χ2v) is 19.0. The summed E-state index contributed by atoms with van der Waals surface area (Å²) in [7, 11) is -4.51. The van der Waals surface area contributed by atoms with Gasteiger partial charge in [0.15, 0.2) is 6.54 Å². The Balaban J connectivity index is 0.945. The second kappa shape index (κ2) is 18.6. The van der Waals surface area contributed by atoms with E-state index in [2.05, 4.69) is 137 Å². The standard InChI is InChI=1S/C55H42N2O5S3/c58-65(59,60)49-28-20-44(21-29-49)43-18-26-48(27-19-43)62-35-33-57-51-37-46(41-14-8-3-9-15-41)23-31-53(51)64-55(57)38-54-56(50-36-45(22-30-52(50)63-54)40-12-6-2-7-13-40)32-34-61-47-24-16-42(17-25-47)39-10-4-1-5-11-39/h1-31,36-38H,32-35H2. The number of ether oxygens (including phenoxy) is 2. The maximum atomic E-state index is 11.4. The zero-order valence-electron chi connectivity index (χ0n) is 35.1. The molecule has 0 fully saturated rings. The van der Waals surface area contributed by atoms with Crippen molar-refractivity contribution in [3.05, 3.63) is 210 Å². The van der Waals surface area contributed by atoms with Gasteiger partial charge >= 0.3 is 0 Å². The van der Waals surface area contributed by atoms with Crippen LogP contribution in [0.5, 0.6) is 11.5 Å². The van der Waals surface area contributed by atoms with E-state index in [1.807, 2.05) is 54.6 Å². The molecule has 10 rings (SSSR count). The quantitative estimate of drug-likeness (QED) is 0.0794. The first-order valence-electron chi connectivity index (χ1n) is 21.3. The van der Waals surface area contributed by atoms with Crippen molar-refractivity contribution in [2.45, 2.75) is 16.3 Å². The first kappa shape index (κ1) is 42.0. The molecule has 65 heavy (non-hydrogen) atoms. The smallest absolute Gasteiger partial charge is 0.265 e. The van der Waals surface area contributed by atoms with Crippen LogP contribution in [0, 0.1) is 0 Å². The molecule has 320 valence electrons. The minimum Gasteiger partial charge on any atom is -0.744 e. The van der Waals surface area contributed by atoms with E-state index in [0.29, 0.717) is 26.3 Å². The van der Waals surface area contributed by atoms with Crippen LogP contribution in [0.4, 0.5) is 5.69 Å². The third-order valence-corrected chi connectivity index (χ3v) is 14.5. The highest BCUT2D eigenvalue weighted by molar-refractivity contribution is 8.04. The summed E-state index contributed by atoms with van der Waals surface area (Å²) in [5.74, 6) is 1.55. The van der Waals surface area contributed by atoms with Gasteiger partial charge < -0.3 is 18.9 Å². The Kier molecular flexibility index (Phi) is 12.1. The number of anilines is 1. The molecule has 1 aromatic heterocycles. The van der Waals surface area contributed by atoms with Crippen LogP contribution in [0.2, 0.25) is 0 Å². The van der Waals surface area contributed by atoms with Crippen molar-refractivity contribution in [2.75, 3.05) is 24.7 Å². The molecule has 0 saturated heterocycles. The van der Waals surface area contributed by atoms with Crippen LogP contribution in [0.25, 0.3) is 60.8 Å². The Hall–Kier alpha value is -6.95. The van der Waals surface area contributed by atoms with E-state index in [-0.39, 0.29) is 4.90 Å². The van der Waals surface area contributed by atoms with Crippen LogP contribution < -0.4 is 18.9 Å². The van der Waals surface area contributed by atoms with E-state index < -0.39 is 10.1 Å². The fourth-order valence-corrected chi connectivity index (χ4v) is 10.8. The van der Waals surface area contributed by atoms with Gasteiger partial charge in [-0.15, -0.1) is 0 Å². The maximum absolute atomic E-state index is 11.4. The maximum Gasteiger partial charge on any atom is 0.265 e. The van der Waals surface area contributed by atoms with Gasteiger partial charge in [-0.3, -0.25) is 0 Å². The average Bonchev–Trinajstić information content (AvgIpc) is 3.88. The number of rotatable bonds is 14. The summed E-state index contributed by atoms with van der Waals surface area (Å²) >= 11 is 3.54. The molecule has 0 N–H and O–H groups in total. The van der Waals surface area contributed by atoms with Gasteiger partial charge in [-0.2, -0.15) is 4.57 Å². The second-order valence-electron chi connectivity index (χ2n) is 15.5. The van der Waals surface area contributed by atoms with Crippen LogP contribution in [-0.4, -0.2) is 32.7 Å². The zero-order chi connectivity index (χ0) is 44.2. The number of thiazole rings is 1. The Bertz CT molecular complexity index is 3230. The molecule has 0 spiro atoms. The third-order valence-electron chi connectivity index (χ3n) is 11.4. The predicted octanol–water partition coefficient (Wildman–Crippen LogP) is 12.8. The molecule has 0 radical (unpaired) electrons. The summed E-state index contributed by atoms with van der Waals surface area (Å²) in [5.41, 5.74) is 10.9. The molecule has 0 aliphatic carbocycles. The molecule has 0 bridgehead atoms. The number of fused-ring (bicyclic) bond motifs is 2. The van der Waals surface area contributed by atoms with Gasteiger partial charge in [-0.05, 0) is 99.1 Å². The summed E-state index contributed by atoms with van der Waals surface area (Å²) in [6.45, 7) is 2.16. The van der Waals surface area contributed by atoms with Crippen LogP contribution in [0.3, 0.4) is 0 Å². The molecule has 1 aliphatic heterocycles. The van der Waals surface area contributed by atoms with Gasteiger partial charge in [0.1, 0.15) is 39.5 Å². The number of thioether (sulfide) groups is 1. The van der Waals surface area contributed by atoms with E-state index in [4.69, 9.17) is 9.47 Å². The van der Waals surface area contributed by atoms with Crippen LogP contribution in [0.1, 0.15) is 5.01 Å². The Labute approximate surface area is 387 Å². The summed E-state index contributed by atoms with van der Waals surface area (Å²) in [4.78, 5) is 3.29. The van der Waals surface area contributed by atoms with Crippen molar-refractivity contribution >= 4 is 55.2 Å². The molecule has 2 heterocycles. The summed E-state index contributed by atoms with van der Waals surface area (Å²) < 4.78 is 50.7. The molecule has 0 unspecified atom stereocenters. The normalized spacial score (nSPS) is 13.0. The number of nitrogens with zero attached hydrogens (tertiary/aromatic N) is 2. The third kappa shape index (κ3) is 9.48. The van der Waals surface area contributed by atoms with Crippen molar-refractivity contribution in [1.82, 2.24) is 0 Å². The minimum absolute atomic E-state index is 0.249. The molecule has 0 saturated carbocycles. The first-order chi connectivity index (χ1) is 31.8. The lowest BCUT2D eigenvalue weighted by Crippen LogP contribution is -2.38. The summed E-state index contributed by atoms with van der Waals surface area (Å²) in [6, 6.07) is 66.7. The zero-order valence-corrected chi connectivity index (χ0v) is 37.6. The molecular formula is C55H42N2O5S3. The molecule has 8 aromatic carbocycles. The van der Waals surface area contributed by atoms with Crippen LogP contribution >= 0.6 is 23.1 Å². The Morgan fingerprint density at radius 1 is 0.538 bits per heavy atom. The Morgan fingerprint density at radius 2 is 1.02 bits per heavy atom. The van der Waals surface area contributed by atoms with Gasteiger partial charge in [0.2, 0.25) is 5.52 Å². The van der Waals surface area contributed by atoms with Crippen molar-refractivity contribution in [3.8, 4) is 56.0 Å². The van der Waals surface area contributed by atoms with Crippen molar-refractivity contribution in [2.24, 2.45) is 0 Å². The lowest BCUT2D eigenvalue weighted by Gasteiger charge is -2.21. The minimum atomic E-state index is -4.51. The van der Waals surface area contributed by atoms with Gasteiger partial charge in [-0.25, -0.2) is 8.42 Å². The van der Waals surface area contributed by atoms with E-state index in [1.54, 1.807) is 35.2 Å². The monoisotopic (exact) mass is 906 g/mol. The highest BCUT2D eigenvalue weighted by atomic mass is 32.2. The SMILES string of the molecule is O=S(=O)([O-])c1ccc(-c2ccc(OCCN3C(=Cc4sc5ccc(-c6ccccc6)cc5[n+]4CCOc4ccc(-c5ccccc5)cc4)Sc4ccc(-c5ccccc5)cc43)cc2)cc1. The molecule has 7 nitrogen and oxygen atoms in total. The lowest BCUT2D eigenvalue weighted by molar-refractivity contribution is -0.669. The lowest BCUT2D eigenvalue weighted by atomic mass is 10.0. The molecule has 9 aromatic rings. The highest BCUT2D eigenvalue weighted by Crippen LogP contribution is 2.48. The van der Waals surface area contributed by atoms with Crippen LogP contribution in [0.15, 0.2) is 215 Å². The average molecular weight is 907 g/mol. The topological polar surface area (TPSA) is 82.8 Å². The largest absolute Gasteiger partial charge is 0.744 e. The van der Waals surface area contributed by atoms with Gasteiger partial charge in [0, 0.05) is 11.0 Å². The van der Waals surface area contributed by atoms with E-state index in [0.717, 1.165) is 66.1 Å². The van der Waals surface area contributed by atoms with Gasteiger partial charge in [0.25, 0.3) is 5.01 Å². The van der Waals surface area contributed by atoms with Crippen LogP contribution in [-0.2, 0) is 16.7 Å². The summed E-state index contributed by atoms with van der Waals surface area (Å²) in [5, 5.41) is 2.22. The molecule has 0 atom stereocenters. The highest BCUT2D eigenvalue weighted by Gasteiger charge is 2.29. The van der Waals surface area contributed by atoms with E-state index >= 15 is 0 Å². The Morgan fingerprint density at radius 3 is 1.58 bits per heavy atom. The number of hydrogen-bond acceptors (Lipinski definition) is 8.